The van der Waals surface area contributed by atoms with Crippen LogP contribution in [0.2, 0.25) is 0 Å². The summed E-state index contributed by atoms with van der Waals surface area (Å²) in [6, 6.07) is 9.10. The SMILES string of the molecule is CS(=O)(=O)O[C@H]1CCC(F)(F)C[C@H]1OCc1ccccc1. The Hall–Kier alpha value is -1.05. The van der Waals surface area contributed by atoms with Crippen LogP contribution in [0.4, 0.5) is 8.78 Å². The Bertz CT molecular complexity index is 560. The van der Waals surface area contributed by atoms with Crippen LogP contribution in [0.25, 0.3) is 0 Å². The van der Waals surface area contributed by atoms with Crippen molar-refractivity contribution in [2.45, 2.75) is 44.0 Å². The normalized spacial score (nSPS) is 25.7. The first-order valence-corrected chi connectivity index (χ1v) is 8.48. The first kappa shape index (κ1) is 16.3. The summed E-state index contributed by atoms with van der Waals surface area (Å²) in [5.74, 6) is -2.85. The molecule has 21 heavy (non-hydrogen) atoms. The van der Waals surface area contributed by atoms with E-state index in [1.807, 2.05) is 30.3 Å². The number of halogens is 2. The highest BCUT2D eigenvalue weighted by molar-refractivity contribution is 7.86. The maximum Gasteiger partial charge on any atom is 0.264 e. The van der Waals surface area contributed by atoms with Crippen molar-refractivity contribution in [3.63, 3.8) is 0 Å². The molecule has 1 aromatic carbocycles. The monoisotopic (exact) mass is 320 g/mol. The summed E-state index contributed by atoms with van der Waals surface area (Å²) in [5.41, 5.74) is 0.837. The molecule has 0 N–H and O–H groups in total. The van der Waals surface area contributed by atoms with Gasteiger partial charge in [0, 0.05) is 12.8 Å². The molecule has 1 aliphatic rings. The Kier molecular flexibility index (Phi) is 4.95. The van der Waals surface area contributed by atoms with Crippen molar-refractivity contribution in [3.8, 4) is 0 Å². The minimum absolute atomic E-state index is 0.0421. The molecule has 1 saturated carbocycles. The fraction of sp³-hybridized carbons (Fsp3) is 0.571. The molecule has 0 spiro atoms. The number of alkyl halides is 2. The number of benzene rings is 1. The van der Waals surface area contributed by atoms with Gasteiger partial charge in [0.25, 0.3) is 16.0 Å². The topological polar surface area (TPSA) is 52.6 Å². The van der Waals surface area contributed by atoms with Gasteiger partial charge in [-0.05, 0) is 12.0 Å². The van der Waals surface area contributed by atoms with Gasteiger partial charge in [-0.2, -0.15) is 8.42 Å². The minimum atomic E-state index is -3.70. The van der Waals surface area contributed by atoms with Gasteiger partial charge in [-0.15, -0.1) is 0 Å². The number of hydrogen-bond acceptors (Lipinski definition) is 4. The van der Waals surface area contributed by atoms with Crippen LogP contribution in [0.1, 0.15) is 24.8 Å². The molecular weight excluding hydrogens is 302 g/mol. The average molecular weight is 320 g/mol. The Balaban J connectivity index is 2.03. The van der Waals surface area contributed by atoms with Crippen LogP contribution in [0.15, 0.2) is 30.3 Å². The van der Waals surface area contributed by atoms with Crippen LogP contribution in [0.5, 0.6) is 0 Å². The van der Waals surface area contributed by atoms with E-state index in [2.05, 4.69) is 0 Å². The molecule has 0 heterocycles. The number of ether oxygens (including phenoxy) is 1. The largest absolute Gasteiger partial charge is 0.371 e. The smallest absolute Gasteiger partial charge is 0.264 e. The Morgan fingerprint density at radius 2 is 1.90 bits per heavy atom. The van der Waals surface area contributed by atoms with Gasteiger partial charge in [0.05, 0.1) is 19.0 Å². The van der Waals surface area contributed by atoms with Crippen LogP contribution in [0, 0.1) is 0 Å². The average Bonchev–Trinajstić information content (AvgIpc) is 2.39. The minimum Gasteiger partial charge on any atom is -0.371 e. The summed E-state index contributed by atoms with van der Waals surface area (Å²) in [4.78, 5) is 0. The number of hydrogen-bond donors (Lipinski definition) is 0. The zero-order chi connectivity index (χ0) is 15.5. The van der Waals surface area contributed by atoms with Gasteiger partial charge < -0.3 is 4.74 Å². The third-order valence-corrected chi connectivity index (χ3v) is 3.91. The molecule has 4 nitrogen and oxygen atoms in total. The molecule has 7 heteroatoms. The van der Waals surface area contributed by atoms with Gasteiger partial charge >= 0.3 is 0 Å². The second kappa shape index (κ2) is 6.37. The predicted octanol–water partition coefficient (Wildman–Crippen LogP) is 2.74. The molecule has 0 aliphatic heterocycles. The molecule has 118 valence electrons. The molecule has 0 saturated heterocycles. The molecule has 0 bridgehead atoms. The van der Waals surface area contributed by atoms with E-state index in [4.69, 9.17) is 8.92 Å². The molecule has 0 amide bonds. The van der Waals surface area contributed by atoms with Gasteiger partial charge in [0.1, 0.15) is 6.10 Å². The molecule has 1 aliphatic carbocycles. The van der Waals surface area contributed by atoms with Crippen molar-refractivity contribution in [3.05, 3.63) is 35.9 Å². The Morgan fingerprint density at radius 3 is 2.52 bits per heavy atom. The first-order chi connectivity index (χ1) is 9.75. The standard InChI is InChI=1S/C14H18F2O4S/c1-21(17,18)20-12-7-8-14(15,16)9-13(12)19-10-11-5-3-2-4-6-11/h2-6,12-13H,7-10H2,1H3/t12-,13+/m0/s1. The summed E-state index contributed by atoms with van der Waals surface area (Å²) < 4.78 is 59.8. The van der Waals surface area contributed by atoms with Crippen LogP contribution < -0.4 is 0 Å². The van der Waals surface area contributed by atoms with E-state index in [0.717, 1.165) is 11.8 Å². The lowest BCUT2D eigenvalue weighted by Gasteiger charge is -2.34. The first-order valence-electron chi connectivity index (χ1n) is 6.67. The molecule has 1 fully saturated rings. The third kappa shape index (κ3) is 5.33. The summed E-state index contributed by atoms with van der Waals surface area (Å²) in [7, 11) is -3.70. The lowest BCUT2D eigenvalue weighted by Crippen LogP contribution is -2.43. The molecule has 0 radical (unpaired) electrons. The van der Waals surface area contributed by atoms with Crippen molar-refractivity contribution < 1.29 is 26.1 Å². The maximum absolute atomic E-state index is 13.5. The van der Waals surface area contributed by atoms with Crippen molar-refractivity contribution in [1.82, 2.24) is 0 Å². The maximum atomic E-state index is 13.5. The van der Waals surface area contributed by atoms with E-state index in [9.17, 15) is 17.2 Å². The zero-order valence-corrected chi connectivity index (χ0v) is 12.5. The summed E-state index contributed by atoms with van der Waals surface area (Å²) >= 11 is 0. The van der Waals surface area contributed by atoms with E-state index in [-0.39, 0.29) is 13.0 Å². The zero-order valence-electron chi connectivity index (χ0n) is 11.7. The highest BCUT2D eigenvalue weighted by Gasteiger charge is 2.43. The van der Waals surface area contributed by atoms with Crippen LogP contribution in [0.3, 0.4) is 0 Å². The molecule has 2 atom stereocenters. The van der Waals surface area contributed by atoms with Crippen molar-refractivity contribution in [2.24, 2.45) is 0 Å². The van der Waals surface area contributed by atoms with E-state index < -0.39 is 41.1 Å². The summed E-state index contributed by atoms with van der Waals surface area (Å²) in [6.07, 6.45) is -1.85. The second-order valence-electron chi connectivity index (χ2n) is 5.27. The van der Waals surface area contributed by atoms with Crippen LogP contribution in [-0.2, 0) is 25.6 Å². The Morgan fingerprint density at radius 1 is 1.24 bits per heavy atom. The fourth-order valence-electron chi connectivity index (χ4n) is 2.35. The van der Waals surface area contributed by atoms with Gasteiger partial charge in [-0.3, -0.25) is 4.18 Å². The third-order valence-electron chi connectivity index (χ3n) is 3.31. The summed E-state index contributed by atoms with van der Waals surface area (Å²) in [5, 5.41) is 0. The van der Waals surface area contributed by atoms with E-state index in [1.165, 1.54) is 0 Å². The molecule has 2 rings (SSSR count). The fourth-order valence-corrected chi connectivity index (χ4v) is 3.01. The highest BCUT2D eigenvalue weighted by atomic mass is 32.2. The molecular formula is C14H18F2O4S. The van der Waals surface area contributed by atoms with E-state index in [1.54, 1.807) is 0 Å². The second-order valence-corrected chi connectivity index (χ2v) is 6.87. The van der Waals surface area contributed by atoms with Gasteiger partial charge in [0.2, 0.25) is 0 Å². The summed E-state index contributed by atoms with van der Waals surface area (Å²) in [6.45, 7) is 0.144. The van der Waals surface area contributed by atoms with Crippen LogP contribution in [-0.4, -0.2) is 32.8 Å². The van der Waals surface area contributed by atoms with E-state index in [0.29, 0.717) is 0 Å². The van der Waals surface area contributed by atoms with Gasteiger partial charge in [0.15, 0.2) is 0 Å². The van der Waals surface area contributed by atoms with E-state index >= 15 is 0 Å². The van der Waals surface area contributed by atoms with Crippen molar-refractivity contribution >= 4 is 10.1 Å². The highest BCUT2D eigenvalue weighted by Crippen LogP contribution is 2.36. The van der Waals surface area contributed by atoms with Crippen molar-refractivity contribution in [1.29, 1.82) is 0 Å². The lowest BCUT2D eigenvalue weighted by atomic mass is 9.91. The lowest BCUT2D eigenvalue weighted by molar-refractivity contribution is -0.139. The predicted molar refractivity (Wildman–Crippen MR) is 73.5 cm³/mol. The van der Waals surface area contributed by atoms with Crippen LogP contribution >= 0.6 is 0 Å². The number of rotatable bonds is 5. The molecule has 1 aromatic rings. The molecule has 0 aromatic heterocycles. The quantitative estimate of drug-likeness (QED) is 0.783. The molecule has 0 unspecified atom stereocenters. The Labute approximate surface area is 123 Å². The van der Waals surface area contributed by atoms with Crippen molar-refractivity contribution in [2.75, 3.05) is 6.26 Å². The van der Waals surface area contributed by atoms with Gasteiger partial charge in [-0.1, -0.05) is 30.3 Å². The van der Waals surface area contributed by atoms with Gasteiger partial charge in [-0.25, -0.2) is 8.78 Å².